The Labute approximate surface area is 138 Å². The van der Waals surface area contributed by atoms with Gasteiger partial charge in [0.15, 0.2) is 6.61 Å². The molecule has 0 bridgehead atoms. The SMILES string of the molecule is Cc1cc(OCC(=O)NCC(=O)NCc2ccco2)ccc1Cl. The lowest BCUT2D eigenvalue weighted by atomic mass is 10.2. The second kappa shape index (κ2) is 8.24. The molecule has 2 aromatic rings. The van der Waals surface area contributed by atoms with Gasteiger partial charge in [-0.15, -0.1) is 0 Å². The number of aryl methyl sites for hydroxylation is 1. The Morgan fingerprint density at radius 2 is 2.04 bits per heavy atom. The first kappa shape index (κ1) is 16.9. The topological polar surface area (TPSA) is 80.6 Å². The Morgan fingerprint density at radius 3 is 2.74 bits per heavy atom. The zero-order valence-corrected chi connectivity index (χ0v) is 13.4. The highest BCUT2D eigenvalue weighted by Crippen LogP contribution is 2.20. The number of halogens is 1. The van der Waals surface area contributed by atoms with E-state index < -0.39 is 0 Å². The number of furan rings is 1. The van der Waals surface area contributed by atoms with Crippen LogP contribution < -0.4 is 15.4 Å². The summed E-state index contributed by atoms with van der Waals surface area (Å²) in [4.78, 5) is 23.2. The molecule has 0 atom stereocenters. The van der Waals surface area contributed by atoms with Gasteiger partial charge in [-0.25, -0.2) is 0 Å². The van der Waals surface area contributed by atoms with Crippen molar-refractivity contribution in [3.05, 3.63) is 52.9 Å². The minimum atomic E-state index is -0.384. The summed E-state index contributed by atoms with van der Waals surface area (Å²) in [6.07, 6.45) is 1.53. The third kappa shape index (κ3) is 5.67. The van der Waals surface area contributed by atoms with E-state index in [0.717, 1.165) is 5.56 Å². The Kier molecular flexibility index (Phi) is 6.05. The van der Waals surface area contributed by atoms with Crippen LogP contribution in [0.4, 0.5) is 0 Å². The van der Waals surface area contributed by atoms with E-state index in [1.165, 1.54) is 6.26 Å². The minimum absolute atomic E-state index is 0.122. The Bertz CT molecular complexity index is 671. The molecule has 0 unspecified atom stereocenters. The number of amides is 2. The van der Waals surface area contributed by atoms with E-state index in [1.54, 1.807) is 30.3 Å². The average molecular weight is 337 g/mol. The summed E-state index contributed by atoms with van der Waals surface area (Å²) in [5, 5.41) is 5.74. The molecule has 0 saturated carbocycles. The molecular weight excluding hydrogens is 320 g/mol. The van der Waals surface area contributed by atoms with Gasteiger partial charge < -0.3 is 19.8 Å². The van der Waals surface area contributed by atoms with E-state index in [0.29, 0.717) is 16.5 Å². The number of nitrogens with one attached hydrogen (secondary N) is 2. The first-order chi connectivity index (χ1) is 11.0. The van der Waals surface area contributed by atoms with Crippen molar-refractivity contribution in [2.45, 2.75) is 13.5 Å². The number of rotatable bonds is 7. The molecular formula is C16H17ClN2O4. The summed E-state index contributed by atoms with van der Waals surface area (Å²) in [5.41, 5.74) is 0.863. The normalized spacial score (nSPS) is 10.2. The van der Waals surface area contributed by atoms with Gasteiger partial charge in [-0.1, -0.05) is 11.6 Å². The van der Waals surface area contributed by atoms with Crippen LogP contribution in [0.3, 0.4) is 0 Å². The Hall–Kier alpha value is -2.47. The van der Waals surface area contributed by atoms with E-state index in [1.807, 2.05) is 6.92 Å². The fourth-order valence-corrected chi connectivity index (χ4v) is 1.86. The number of hydrogen-bond acceptors (Lipinski definition) is 4. The van der Waals surface area contributed by atoms with Gasteiger partial charge in [-0.2, -0.15) is 0 Å². The summed E-state index contributed by atoms with van der Waals surface area (Å²) in [6.45, 7) is 1.83. The van der Waals surface area contributed by atoms with Gasteiger partial charge in [0.2, 0.25) is 5.91 Å². The average Bonchev–Trinajstić information content (AvgIpc) is 3.05. The highest BCUT2D eigenvalue weighted by Gasteiger charge is 2.07. The standard InChI is InChI=1S/C16H17ClN2O4/c1-11-7-12(4-5-14(11)17)23-10-16(21)19-9-15(20)18-8-13-3-2-6-22-13/h2-7H,8-10H2,1H3,(H,18,20)(H,19,21). The minimum Gasteiger partial charge on any atom is -0.484 e. The lowest BCUT2D eigenvalue weighted by Crippen LogP contribution is -2.38. The van der Waals surface area contributed by atoms with Crippen LogP contribution >= 0.6 is 11.6 Å². The maximum atomic E-state index is 11.6. The summed E-state index contributed by atoms with van der Waals surface area (Å²) < 4.78 is 10.4. The van der Waals surface area contributed by atoms with Crippen molar-refractivity contribution in [1.82, 2.24) is 10.6 Å². The van der Waals surface area contributed by atoms with Crippen molar-refractivity contribution in [2.75, 3.05) is 13.2 Å². The van der Waals surface area contributed by atoms with Crippen LogP contribution in [0.25, 0.3) is 0 Å². The van der Waals surface area contributed by atoms with Crippen molar-refractivity contribution in [3.63, 3.8) is 0 Å². The molecule has 0 aliphatic carbocycles. The maximum absolute atomic E-state index is 11.6. The number of benzene rings is 1. The second-order valence-electron chi connectivity index (χ2n) is 4.83. The molecule has 0 radical (unpaired) electrons. The fraction of sp³-hybridized carbons (Fsp3) is 0.250. The molecule has 2 rings (SSSR count). The van der Waals surface area contributed by atoms with Crippen LogP contribution in [-0.4, -0.2) is 25.0 Å². The van der Waals surface area contributed by atoms with E-state index in [-0.39, 0.29) is 31.5 Å². The van der Waals surface area contributed by atoms with Gasteiger partial charge in [0.05, 0.1) is 19.4 Å². The summed E-state index contributed by atoms with van der Waals surface area (Å²) in [5.74, 6) is 0.498. The predicted molar refractivity (Wildman–Crippen MR) is 85.2 cm³/mol. The molecule has 1 heterocycles. The number of carbonyl (C=O) groups excluding carboxylic acids is 2. The smallest absolute Gasteiger partial charge is 0.258 e. The van der Waals surface area contributed by atoms with Crippen LogP contribution in [0.5, 0.6) is 5.75 Å². The molecule has 23 heavy (non-hydrogen) atoms. The van der Waals surface area contributed by atoms with Crippen LogP contribution in [0.15, 0.2) is 41.0 Å². The molecule has 2 amide bonds. The van der Waals surface area contributed by atoms with Crippen molar-refractivity contribution in [1.29, 1.82) is 0 Å². The van der Waals surface area contributed by atoms with Gasteiger partial charge in [0, 0.05) is 5.02 Å². The molecule has 0 saturated heterocycles. The summed E-state index contributed by atoms with van der Waals surface area (Å²) in [7, 11) is 0. The first-order valence-corrected chi connectivity index (χ1v) is 7.37. The van der Waals surface area contributed by atoms with Crippen LogP contribution in [0, 0.1) is 6.92 Å². The second-order valence-corrected chi connectivity index (χ2v) is 5.24. The molecule has 7 heteroatoms. The van der Waals surface area contributed by atoms with Crippen LogP contribution in [0.2, 0.25) is 5.02 Å². The molecule has 0 fully saturated rings. The molecule has 0 aliphatic rings. The Balaban J connectivity index is 1.66. The molecule has 1 aromatic carbocycles. The van der Waals surface area contributed by atoms with Crippen molar-refractivity contribution in [3.8, 4) is 5.75 Å². The number of carbonyl (C=O) groups is 2. The maximum Gasteiger partial charge on any atom is 0.258 e. The van der Waals surface area contributed by atoms with Gasteiger partial charge >= 0.3 is 0 Å². The lowest BCUT2D eigenvalue weighted by Gasteiger charge is -2.08. The van der Waals surface area contributed by atoms with Gasteiger partial charge in [0.1, 0.15) is 11.5 Å². The van der Waals surface area contributed by atoms with E-state index >= 15 is 0 Å². The van der Waals surface area contributed by atoms with E-state index in [2.05, 4.69) is 10.6 Å². The molecule has 0 spiro atoms. The van der Waals surface area contributed by atoms with Crippen molar-refractivity contribution >= 4 is 23.4 Å². The van der Waals surface area contributed by atoms with E-state index in [9.17, 15) is 9.59 Å². The largest absolute Gasteiger partial charge is 0.484 e. The molecule has 122 valence electrons. The van der Waals surface area contributed by atoms with Crippen molar-refractivity contribution < 1.29 is 18.7 Å². The van der Waals surface area contributed by atoms with Gasteiger partial charge in [-0.05, 0) is 42.8 Å². The molecule has 0 aliphatic heterocycles. The predicted octanol–water partition coefficient (Wildman–Crippen LogP) is 2.05. The highest BCUT2D eigenvalue weighted by molar-refractivity contribution is 6.31. The Morgan fingerprint density at radius 1 is 1.22 bits per heavy atom. The van der Waals surface area contributed by atoms with Gasteiger partial charge in [0.25, 0.3) is 5.91 Å². The van der Waals surface area contributed by atoms with Crippen LogP contribution in [0.1, 0.15) is 11.3 Å². The molecule has 6 nitrogen and oxygen atoms in total. The first-order valence-electron chi connectivity index (χ1n) is 6.99. The molecule has 1 aromatic heterocycles. The quantitative estimate of drug-likeness (QED) is 0.811. The van der Waals surface area contributed by atoms with Gasteiger partial charge in [-0.3, -0.25) is 9.59 Å². The third-order valence-corrected chi connectivity index (χ3v) is 3.41. The summed E-state index contributed by atoms with van der Waals surface area (Å²) >= 11 is 5.91. The number of hydrogen-bond donors (Lipinski definition) is 2. The van der Waals surface area contributed by atoms with E-state index in [4.69, 9.17) is 20.8 Å². The third-order valence-electron chi connectivity index (χ3n) is 2.99. The van der Waals surface area contributed by atoms with Crippen molar-refractivity contribution in [2.24, 2.45) is 0 Å². The van der Waals surface area contributed by atoms with Crippen LogP contribution in [-0.2, 0) is 16.1 Å². The monoisotopic (exact) mass is 336 g/mol. The zero-order chi connectivity index (χ0) is 16.7. The fourth-order valence-electron chi connectivity index (χ4n) is 1.75. The summed E-state index contributed by atoms with van der Waals surface area (Å²) in [6, 6.07) is 8.61. The number of ether oxygens (including phenoxy) is 1. The highest BCUT2D eigenvalue weighted by atomic mass is 35.5. The zero-order valence-electron chi connectivity index (χ0n) is 12.6. The lowest BCUT2D eigenvalue weighted by molar-refractivity contribution is -0.127. The molecule has 2 N–H and O–H groups in total.